The van der Waals surface area contributed by atoms with Gasteiger partial charge < -0.3 is 18.9 Å². The van der Waals surface area contributed by atoms with Gasteiger partial charge >= 0.3 is 0 Å². The summed E-state index contributed by atoms with van der Waals surface area (Å²) in [5.74, 6) is 0. The second kappa shape index (κ2) is 32.5. The van der Waals surface area contributed by atoms with Gasteiger partial charge in [-0.15, -0.1) is 0 Å². The van der Waals surface area contributed by atoms with Crippen LogP contribution in [0.5, 0.6) is 0 Å². The maximum atomic E-state index is 12.3. The van der Waals surface area contributed by atoms with Crippen LogP contribution < -0.4 is 67.7 Å². The highest BCUT2D eigenvalue weighted by Crippen LogP contribution is 2.56. The molecule has 0 saturated carbocycles. The van der Waals surface area contributed by atoms with Gasteiger partial charge in [-0.25, -0.2) is 0 Å². The summed E-state index contributed by atoms with van der Waals surface area (Å²) in [6.07, 6.45) is 0. The Morgan fingerprint density at radius 2 is 0.504 bits per heavy atom. The minimum absolute atomic E-state index is 0.0279. The van der Waals surface area contributed by atoms with Gasteiger partial charge in [0.15, 0.2) is 16.1 Å². The molecule has 0 radical (unpaired) electrons. The van der Waals surface area contributed by atoms with E-state index in [4.69, 9.17) is 0 Å². The highest BCUT2D eigenvalue weighted by atomic mass is 28.3. The number of aromatic nitrogens is 2. The van der Waals surface area contributed by atoms with Gasteiger partial charge in [0.25, 0.3) is 6.71 Å². The zero-order valence-electron chi connectivity index (χ0n) is 89.7. The van der Waals surface area contributed by atoms with Crippen LogP contribution in [-0.2, 0) is 16.2 Å². The number of hydrogen-bond acceptors (Lipinski definition) is 2. The molecule has 2 aromatic heterocycles. The van der Waals surface area contributed by atoms with Crippen LogP contribution in [0.3, 0.4) is 0 Å². The molecule has 19 aromatic carbocycles. The number of rotatable bonds is 16. The van der Waals surface area contributed by atoms with E-state index >= 15 is 0 Å². The van der Waals surface area contributed by atoms with Crippen LogP contribution in [0.15, 0.2) is 461 Å². The first-order chi connectivity index (χ1) is 70.8. The highest BCUT2D eigenvalue weighted by molar-refractivity contribution is 7.20. The molecule has 0 spiro atoms. The van der Waals surface area contributed by atoms with Crippen LogP contribution in [0, 0.1) is 0 Å². The fourth-order valence-electron chi connectivity index (χ4n) is 21.1. The summed E-state index contributed by atoms with van der Waals surface area (Å²) in [6, 6.07) is 122. The van der Waals surface area contributed by atoms with Gasteiger partial charge in [0, 0.05) is 77.9 Å². The minimum Gasteiger partial charge on any atom is -0.310 e. The standard InChI is InChI=1S/C126H103BN4Si2/c1-124(2,3)90-76-105(86-44-20-10-21-45-86)122(106(77-90)87-46-22-11-23-47-87)130-117-82-93(128-113-66-42-40-64-103(113)109-84-101(70-74-115(109)128)132(95-52-28-14-29-53-95,96-54-30-15-31-55-96)97-56-32-16-33-57-97)68-72-111(117)127-112-73-69-94(129-114-67-43-41-65-104(114)110-85-102(71-75-116(110)129)133(98-58-34-17-35-59-98,99-60-36-18-37-61-99)100-62-38-19-39-63-100)83-118(112)131(120-81-92(126(7,8)9)80-119(130)121(120)127)123-107(88-48-24-12-25-49-88)78-91(125(4,5)6)79-108(123)89-50-26-13-27-51-89/h10-85H,1-9H3/i40D,41D,42D,43D,64D,65D,66D,67D,68D,69D,72D,73D,82D,83D. The highest BCUT2D eigenvalue weighted by Gasteiger charge is 2.49. The van der Waals surface area contributed by atoms with E-state index in [-0.39, 0.29) is 79.7 Å². The summed E-state index contributed by atoms with van der Waals surface area (Å²) in [4.78, 5) is 4.24. The van der Waals surface area contributed by atoms with Crippen LogP contribution in [0.25, 0.3) is 99.5 Å². The van der Waals surface area contributed by atoms with Crippen molar-refractivity contribution in [1.29, 1.82) is 0 Å². The fraction of sp³-hybridized carbons (Fsp3) is 0.0952. The zero-order chi connectivity index (χ0) is 102. The van der Waals surface area contributed by atoms with Crippen molar-refractivity contribution in [2.75, 3.05) is 9.80 Å². The van der Waals surface area contributed by atoms with E-state index in [2.05, 4.69) is 254 Å². The Kier molecular flexibility index (Phi) is 16.6. The van der Waals surface area contributed by atoms with Gasteiger partial charge in [0.2, 0.25) is 0 Å². The molecule has 0 amide bonds. The third-order valence-corrected chi connectivity index (χ3v) is 37.1. The lowest BCUT2D eigenvalue weighted by Crippen LogP contribution is -2.74. The number of nitrogens with zero attached hydrogens (tertiary/aromatic N) is 4. The van der Waals surface area contributed by atoms with Crippen LogP contribution in [0.2, 0.25) is 0 Å². The molecule has 0 fully saturated rings. The van der Waals surface area contributed by atoms with E-state index in [1.54, 1.807) is 9.13 Å². The van der Waals surface area contributed by atoms with Crippen LogP contribution in [-0.4, -0.2) is 32.0 Å². The van der Waals surface area contributed by atoms with Crippen molar-refractivity contribution in [3.8, 4) is 55.9 Å². The molecule has 638 valence electrons. The van der Waals surface area contributed by atoms with E-state index in [9.17, 15) is 19.2 Å². The van der Waals surface area contributed by atoms with E-state index in [1.165, 1.54) is 0 Å². The van der Waals surface area contributed by atoms with Gasteiger partial charge in [-0.05, 0) is 198 Å². The molecular formula is C126H103BN4Si2. The maximum absolute atomic E-state index is 12.3. The maximum Gasteiger partial charge on any atom is 0.252 e. The number of anilines is 6. The summed E-state index contributed by atoms with van der Waals surface area (Å²) >= 11 is 0. The first kappa shape index (κ1) is 68.0. The largest absolute Gasteiger partial charge is 0.310 e. The second-order valence-corrected chi connectivity index (χ2v) is 46.0. The molecule has 0 unspecified atom stereocenters. The number of benzene rings is 19. The van der Waals surface area contributed by atoms with E-state index < -0.39 is 99.5 Å². The fourth-order valence-corrected chi connectivity index (χ4v) is 30.7. The molecule has 0 N–H and O–H groups in total. The van der Waals surface area contributed by atoms with Crippen LogP contribution >= 0.6 is 0 Å². The van der Waals surface area contributed by atoms with Gasteiger partial charge in [-0.1, -0.05) is 438 Å². The molecule has 2 aliphatic rings. The lowest BCUT2D eigenvalue weighted by molar-refractivity contribution is 0.590. The minimum atomic E-state index is -3.48. The molecule has 21 aromatic rings. The third kappa shape index (κ3) is 13.6. The van der Waals surface area contributed by atoms with Crippen molar-refractivity contribution in [3.05, 3.63) is 477 Å². The predicted octanol–water partition coefficient (Wildman–Crippen LogP) is 25.3. The van der Waals surface area contributed by atoms with Crippen molar-refractivity contribution in [2.24, 2.45) is 0 Å². The monoisotopic (exact) mass is 1750 g/mol. The summed E-state index contributed by atoms with van der Waals surface area (Å²) in [5, 5.41) is 9.17. The van der Waals surface area contributed by atoms with Gasteiger partial charge in [-0.3, -0.25) is 0 Å². The molecule has 7 heteroatoms. The van der Waals surface area contributed by atoms with Crippen LogP contribution in [0.1, 0.15) is 98.2 Å². The van der Waals surface area contributed by atoms with Crippen LogP contribution in [0.4, 0.5) is 34.1 Å². The predicted molar refractivity (Wildman–Crippen MR) is 574 cm³/mol. The Morgan fingerprint density at radius 3 is 0.782 bits per heavy atom. The van der Waals surface area contributed by atoms with Gasteiger partial charge in [-0.2, -0.15) is 0 Å². The Morgan fingerprint density at radius 1 is 0.241 bits per heavy atom. The molecule has 4 heterocycles. The molecule has 4 nitrogen and oxygen atoms in total. The van der Waals surface area contributed by atoms with E-state index in [0.29, 0.717) is 50.0 Å². The quantitative estimate of drug-likeness (QED) is 0.0708. The lowest BCUT2D eigenvalue weighted by atomic mass is 9.33. The first-order valence-electron chi connectivity index (χ1n) is 52.8. The van der Waals surface area contributed by atoms with Crippen molar-refractivity contribution in [2.45, 2.75) is 78.6 Å². The molecule has 0 saturated heterocycles. The number of fused-ring (bicyclic) bond motifs is 10. The summed E-state index contributed by atoms with van der Waals surface area (Å²) < 4.78 is 156. The average Bonchev–Trinajstić information content (AvgIpc) is 1.33. The lowest BCUT2D eigenvalue weighted by Gasteiger charge is -2.47. The average molecular weight is 1750 g/mol. The van der Waals surface area contributed by atoms with E-state index in [1.807, 2.05) is 194 Å². The van der Waals surface area contributed by atoms with Crippen molar-refractivity contribution in [1.82, 2.24) is 9.13 Å². The second-order valence-electron chi connectivity index (χ2n) is 38.3. The molecule has 0 atom stereocenters. The Hall–Kier alpha value is -15.1. The summed E-state index contributed by atoms with van der Waals surface area (Å²) in [6.45, 7) is 18.1. The Labute approximate surface area is 803 Å². The van der Waals surface area contributed by atoms with Crippen molar-refractivity contribution >= 4 is 158 Å². The van der Waals surface area contributed by atoms with Crippen molar-refractivity contribution < 1.29 is 19.2 Å². The SMILES string of the molecule is [2H]c1c([2H])c(-n2c3ccc([Si](c4ccccc4)(c4ccccc4)c4ccccc4)cc3c3c([2H])c([2H])c([2H])c([2H])c32)c([2H])c2c1B1c3c(cc(C(C)(C)C)cc3N(c3c(-c4ccccc4)cc(C(C)(C)C)cc3-c3ccccc3)c3c([2H])c(-n4c5ccc([Si](c6ccccc6)(c6ccccc6)c6ccccc6)cc5c5c([2H])c([2H])c([2H])c([2H])c54)c([2H])c([2H])c31)N2c1c(-c2ccccc2)cc(C(C)(C)C)cc1-c1ccccc1. The first-order valence-corrected chi connectivity index (χ1v) is 49.8. The summed E-state index contributed by atoms with van der Waals surface area (Å²) in [5.41, 5.74) is 10.1. The van der Waals surface area contributed by atoms with Gasteiger partial charge in [0.05, 0.1) is 52.6 Å². The molecule has 0 bridgehead atoms. The molecule has 2 aliphatic heterocycles. The number of hydrogen-bond donors (Lipinski definition) is 0. The summed E-state index contributed by atoms with van der Waals surface area (Å²) in [7, 11) is -6.95. The molecule has 23 rings (SSSR count). The Balaban J connectivity index is 0.922. The number of para-hydroxylation sites is 2. The normalized spacial score (nSPS) is 14.3. The van der Waals surface area contributed by atoms with Crippen molar-refractivity contribution in [3.63, 3.8) is 0 Å². The molecule has 0 aliphatic carbocycles. The Bertz CT molecular complexity index is 8120. The molecular weight excluding hydrogens is 1640 g/mol. The third-order valence-electron chi connectivity index (χ3n) is 27.5. The topological polar surface area (TPSA) is 16.3 Å². The molecule has 133 heavy (non-hydrogen) atoms. The van der Waals surface area contributed by atoms with Gasteiger partial charge in [0.1, 0.15) is 0 Å². The smallest absolute Gasteiger partial charge is 0.252 e. The van der Waals surface area contributed by atoms with E-state index in [0.717, 1.165) is 103 Å². The zero-order valence-corrected chi connectivity index (χ0v) is 77.7.